The Kier molecular flexibility index (Phi) is 5.59. The van der Waals surface area contributed by atoms with Gasteiger partial charge in [0.05, 0.1) is 18.9 Å². The van der Waals surface area contributed by atoms with E-state index in [9.17, 15) is 9.59 Å². The second-order valence-corrected chi connectivity index (χ2v) is 7.57. The molecule has 3 aromatic rings. The van der Waals surface area contributed by atoms with E-state index < -0.39 is 11.7 Å². The van der Waals surface area contributed by atoms with Crippen LogP contribution >= 0.6 is 0 Å². The van der Waals surface area contributed by atoms with Crippen molar-refractivity contribution in [1.29, 1.82) is 0 Å². The van der Waals surface area contributed by atoms with E-state index >= 15 is 0 Å². The summed E-state index contributed by atoms with van der Waals surface area (Å²) < 4.78 is 12.1. The summed E-state index contributed by atoms with van der Waals surface area (Å²) in [6.45, 7) is 6.78. The third kappa shape index (κ3) is 4.32. The van der Waals surface area contributed by atoms with Gasteiger partial charge in [0.25, 0.3) is 0 Å². The van der Waals surface area contributed by atoms with Gasteiger partial charge in [-0.1, -0.05) is 0 Å². The predicted octanol–water partition coefficient (Wildman–Crippen LogP) is 3.45. The van der Waals surface area contributed by atoms with E-state index in [0.29, 0.717) is 34.4 Å². The number of fused-ring (bicyclic) bond motifs is 1. The zero-order valence-electron chi connectivity index (χ0n) is 17.8. The molecule has 1 N–H and O–H groups in total. The molecule has 3 heterocycles. The number of hydrogen-bond donors (Lipinski definition) is 1. The lowest BCUT2D eigenvalue weighted by Gasteiger charge is -2.25. The standard InChI is InChI=1S/C20H24N6O4/c1-12(27)13-11-22-26-16(25(5)19(28)30-20(2,3)4)10-15(24-17(13)26)23-14-8-7-9-21-18(14)29-6/h7-11H,1-6H3,(H,23,24). The predicted molar refractivity (Wildman–Crippen MR) is 112 cm³/mol. The van der Waals surface area contributed by atoms with E-state index in [0.717, 1.165) is 0 Å². The first-order valence-electron chi connectivity index (χ1n) is 9.23. The quantitative estimate of drug-likeness (QED) is 0.634. The first kappa shape index (κ1) is 21.0. The normalized spacial score (nSPS) is 11.3. The maximum Gasteiger partial charge on any atom is 0.415 e. The van der Waals surface area contributed by atoms with Crippen molar-refractivity contribution in [3.63, 3.8) is 0 Å². The highest BCUT2D eigenvalue weighted by atomic mass is 16.6. The van der Waals surface area contributed by atoms with Gasteiger partial charge in [-0.3, -0.25) is 9.69 Å². The van der Waals surface area contributed by atoms with Crippen molar-refractivity contribution in [3.05, 3.63) is 36.2 Å². The highest BCUT2D eigenvalue weighted by Crippen LogP contribution is 2.28. The van der Waals surface area contributed by atoms with E-state index in [1.807, 2.05) is 0 Å². The molecule has 10 nitrogen and oxygen atoms in total. The van der Waals surface area contributed by atoms with Crippen molar-refractivity contribution in [2.45, 2.75) is 33.3 Å². The maximum atomic E-state index is 12.6. The molecule has 10 heteroatoms. The fourth-order valence-corrected chi connectivity index (χ4v) is 2.71. The lowest BCUT2D eigenvalue weighted by Crippen LogP contribution is -2.35. The van der Waals surface area contributed by atoms with E-state index in [1.165, 1.54) is 29.6 Å². The molecule has 3 aromatic heterocycles. The maximum absolute atomic E-state index is 12.6. The van der Waals surface area contributed by atoms with E-state index in [2.05, 4.69) is 20.4 Å². The Bertz CT molecular complexity index is 1100. The zero-order valence-corrected chi connectivity index (χ0v) is 17.8. The number of methoxy groups -OCH3 is 1. The van der Waals surface area contributed by atoms with Crippen LogP contribution in [0.1, 0.15) is 38.1 Å². The van der Waals surface area contributed by atoms with Gasteiger partial charge in [-0.25, -0.2) is 14.8 Å². The number of carbonyl (C=O) groups is 2. The van der Waals surface area contributed by atoms with Gasteiger partial charge >= 0.3 is 6.09 Å². The zero-order chi connectivity index (χ0) is 22.1. The molecule has 0 spiro atoms. The van der Waals surface area contributed by atoms with Gasteiger partial charge < -0.3 is 14.8 Å². The smallest absolute Gasteiger partial charge is 0.415 e. The molecule has 0 aliphatic heterocycles. The summed E-state index contributed by atoms with van der Waals surface area (Å²) in [5, 5.41) is 7.36. The Morgan fingerprint density at radius 2 is 2.00 bits per heavy atom. The van der Waals surface area contributed by atoms with Crippen LogP contribution in [0, 0.1) is 0 Å². The van der Waals surface area contributed by atoms with Crippen LogP contribution in [-0.2, 0) is 4.74 Å². The second kappa shape index (κ2) is 7.97. The topological polar surface area (TPSA) is 111 Å². The molecule has 0 aliphatic rings. The number of carbonyl (C=O) groups excluding carboxylic acids is 2. The molecule has 0 aromatic carbocycles. The number of Topliss-reactive ketones (excluding diaryl/α,β-unsaturated/α-hetero) is 1. The Hall–Kier alpha value is -3.69. The number of hydrogen-bond acceptors (Lipinski definition) is 8. The molecular formula is C20H24N6O4. The first-order valence-corrected chi connectivity index (χ1v) is 9.23. The number of aromatic nitrogens is 4. The monoisotopic (exact) mass is 412 g/mol. The Labute approximate surface area is 173 Å². The third-order valence-corrected chi connectivity index (χ3v) is 4.07. The van der Waals surface area contributed by atoms with Crippen LogP contribution in [0.3, 0.4) is 0 Å². The van der Waals surface area contributed by atoms with Gasteiger partial charge in [-0.05, 0) is 39.8 Å². The van der Waals surface area contributed by atoms with Crippen molar-refractivity contribution in [3.8, 4) is 5.88 Å². The van der Waals surface area contributed by atoms with Gasteiger partial charge in [-0.2, -0.15) is 9.61 Å². The molecular weight excluding hydrogens is 388 g/mol. The molecule has 0 unspecified atom stereocenters. The van der Waals surface area contributed by atoms with Gasteiger partial charge in [0.2, 0.25) is 5.88 Å². The van der Waals surface area contributed by atoms with Crippen LogP contribution in [0.5, 0.6) is 5.88 Å². The number of pyridine rings is 1. The third-order valence-electron chi connectivity index (χ3n) is 4.07. The molecule has 0 aliphatic carbocycles. The van der Waals surface area contributed by atoms with Crippen molar-refractivity contribution < 1.29 is 19.1 Å². The molecule has 158 valence electrons. The molecule has 0 saturated heterocycles. The molecule has 30 heavy (non-hydrogen) atoms. The minimum Gasteiger partial charge on any atom is -0.480 e. The SMILES string of the molecule is COc1ncccc1Nc1cc(N(C)C(=O)OC(C)(C)C)n2ncc(C(C)=O)c2n1. The number of nitrogens with one attached hydrogen (secondary N) is 1. The largest absolute Gasteiger partial charge is 0.480 e. The van der Waals surface area contributed by atoms with Crippen molar-refractivity contribution in [2.24, 2.45) is 0 Å². The first-order chi connectivity index (χ1) is 14.1. The van der Waals surface area contributed by atoms with Crippen LogP contribution < -0.4 is 15.0 Å². The average molecular weight is 412 g/mol. The molecule has 0 radical (unpaired) electrons. The number of amides is 1. The van der Waals surface area contributed by atoms with Gasteiger partial charge in [0.15, 0.2) is 11.4 Å². The van der Waals surface area contributed by atoms with Crippen LogP contribution in [-0.4, -0.2) is 51.2 Å². The summed E-state index contributed by atoms with van der Waals surface area (Å²) in [6, 6.07) is 5.15. The summed E-state index contributed by atoms with van der Waals surface area (Å²) in [4.78, 5) is 34.6. The van der Waals surface area contributed by atoms with Crippen molar-refractivity contribution >= 4 is 34.8 Å². The summed E-state index contributed by atoms with van der Waals surface area (Å²) in [5.74, 6) is 0.926. The molecule has 3 rings (SSSR count). The van der Waals surface area contributed by atoms with Crippen molar-refractivity contribution in [2.75, 3.05) is 24.4 Å². The summed E-state index contributed by atoms with van der Waals surface area (Å²) in [6.07, 6.45) is 2.46. The van der Waals surface area contributed by atoms with E-state index in [4.69, 9.17) is 9.47 Å². The molecule has 0 saturated carbocycles. The molecule has 0 atom stereocenters. The summed E-state index contributed by atoms with van der Waals surface area (Å²) in [5.41, 5.74) is 0.541. The lowest BCUT2D eigenvalue weighted by molar-refractivity contribution is 0.0587. The minimum absolute atomic E-state index is 0.195. The fraction of sp³-hybridized carbons (Fsp3) is 0.350. The average Bonchev–Trinajstić information content (AvgIpc) is 3.10. The highest BCUT2D eigenvalue weighted by Gasteiger charge is 2.24. The Morgan fingerprint density at radius 1 is 1.27 bits per heavy atom. The van der Waals surface area contributed by atoms with Gasteiger partial charge in [0.1, 0.15) is 22.9 Å². The fourth-order valence-electron chi connectivity index (χ4n) is 2.71. The number of ether oxygens (including phenoxy) is 2. The van der Waals surface area contributed by atoms with Crippen molar-refractivity contribution in [1.82, 2.24) is 19.6 Å². The number of rotatable bonds is 5. The Balaban J connectivity index is 2.11. The molecule has 0 fully saturated rings. The van der Waals surface area contributed by atoms with Gasteiger partial charge in [-0.15, -0.1) is 0 Å². The summed E-state index contributed by atoms with van der Waals surface area (Å²) in [7, 11) is 3.07. The van der Waals surface area contributed by atoms with Crippen LogP contribution in [0.2, 0.25) is 0 Å². The second-order valence-electron chi connectivity index (χ2n) is 7.57. The number of anilines is 3. The lowest BCUT2D eigenvalue weighted by atomic mass is 10.2. The highest BCUT2D eigenvalue weighted by molar-refractivity contribution is 6.00. The summed E-state index contributed by atoms with van der Waals surface area (Å²) >= 11 is 0. The molecule has 1 amide bonds. The molecule has 0 bridgehead atoms. The van der Waals surface area contributed by atoms with Gasteiger partial charge in [0, 0.05) is 19.3 Å². The number of ketones is 1. The number of nitrogens with zero attached hydrogens (tertiary/aromatic N) is 5. The van der Waals surface area contributed by atoms with Crippen LogP contribution in [0.4, 0.5) is 22.1 Å². The van der Waals surface area contributed by atoms with Crippen LogP contribution in [0.15, 0.2) is 30.6 Å². The van der Waals surface area contributed by atoms with E-state index in [1.54, 1.807) is 52.2 Å². The van der Waals surface area contributed by atoms with Crippen LogP contribution in [0.25, 0.3) is 5.65 Å². The minimum atomic E-state index is -0.670. The van der Waals surface area contributed by atoms with E-state index in [-0.39, 0.29) is 5.78 Å². The Morgan fingerprint density at radius 3 is 2.63 bits per heavy atom.